The lowest BCUT2D eigenvalue weighted by Crippen LogP contribution is -2.24. The molecule has 0 heterocycles. The summed E-state index contributed by atoms with van der Waals surface area (Å²) in [5, 5.41) is 2.93. The van der Waals surface area contributed by atoms with E-state index in [2.05, 4.69) is 12.2 Å². The monoisotopic (exact) mass is 327 g/mol. The zero-order valence-electron chi connectivity index (χ0n) is 14.6. The summed E-state index contributed by atoms with van der Waals surface area (Å²) in [5.74, 6) is 1.45. The summed E-state index contributed by atoms with van der Waals surface area (Å²) < 4.78 is 11.2. The number of unbranched alkanes of at least 4 members (excludes halogenated alkanes) is 1. The molecule has 1 amide bonds. The van der Waals surface area contributed by atoms with Crippen molar-refractivity contribution in [1.82, 2.24) is 5.32 Å². The highest BCUT2D eigenvalue weighted by Gasteiger charge is 2.10. The Morgan fingerprint density at radius 1 is 1.17 bits per heavy atom. The van der Waals surface area contributed by atoms with Crippen LogP contribution in [0.4, 0.5) is 0 Å². The van der Waals surface area contributed by atoms with Gasteiger partial charge in [-0.1, -0.05) is 25.5 Å². The molecule has 0 bridgehead atoms. The normalized spacial score (nSPS) is 10.3. The summed E-state index contributed by atoms with van der Waals surface area (Å²) in [7, 11) is 1.62. The predicted octanol–water partition coefficient (Wildman–Crippen LogP) is 4.11. The fourth-order valence-corrected chi connectivity index (χ4v) is 2.38. The van der Waals surface area contributed by atoms with E-state index in [0.29, 0.717) is 24.5 Å². The molecule has 0 fully saturated rings. The second-order valence-electron chi connectivity index (χ2n) is 5.74. The zero-order chi connectivity index (χ0) is 17.4. The van der Waals surface area contributed by atoms with Crippen LogP contribution in [0.5, 0.6) is 11.5 Å². The van der Waals surface area contributed by atoms with Gasteiger partial charge in [0.05, 0.1) is 7.11 Å². The molecule has 24 heavy (non-hydrogen) atoms. The van der Waals surface area contributed by atoms with Crippen LogP contribution in [-0.2, 0) is 6.61 Å². The summed E-state index contributed by atoms with van der Waals surface area (Å²) >= 11 is 0. The molecule has 2 aromatic carbocycles. The van der Waals surface area contributed by atoms with Gasteiger partial charge in [-0.25, -0.2) is 0 Å². The third kappa shape index (κ3) is 5.01. The van der Waals surface area contributed by atoms with Crippen LogP contribution in [0.15, 0.2) is 42.5 Å². The topological polar surface area (TPSA) is 47.6 Å². The SMILES string of the molecule is CCCCNC(=O)c1ccc(OC)c(COc2cccc(C)c2)c1. The highest BCUT2D eigenvalue weighted by Crippen LogP contribution is 2.22. The molecule has 2 rings (SSSR count). The van der Waals surface area contributed by atoms with Crippen molar-refractivity contribution in [1.29, 1.82) is 0 Å². The van der Waals surface area contributed by atoms with Gasteiger partial charge in [0.25, 0.3) is 5.91 Å². The Balaban J connectivity index is 2.09. The highest BCUT2D eigenvalue weighted by molar-refractivity contribution is 5.94. The average molecular weight is 327 g/mol. The van der Waals surface area contributed by atoms with Crippen molar-refractivity contribution in [3.63, 3.8) is 0 Å². The van der Waals surface area contributed by atoms with Gasteiger partial charge in [0.2, 0.25) is 0 Å². The van der Waals surface area contributed by atoms with E-state index in [1.807, 2.05) is 43.3 Å². The second kappa shape index (κ2) is 8.96. The number of ether oxygens (including phenoxy) is 2. The zero-order valence-corrected chi connectivity index (χ0v) is 14.6. The van der Waals surface area contributed by atoms with Crippen LogP contribution in [0.1, 0.15) is 41.3 Å². The molecule has 0 spiro atoms. The van der Waals surface area contributed by atoms with Crippen molar-refractivity contribution < 1.29 is 14.3 Å². The van der Waals surface area contributed by atoms with E-state index in [4.69, 9.17) is 9.47 Å². The van der Waals surface area contributed by atoms with E-state index in [9.17, 15) is 4.79 Å². The molecule has 128 valence electrons. The first-order valence-electron chi connectivity index (χ1n) is 8.28. The van der Waals surface area contributed by atoms with Crippen molar-refractivity contribution in [3.8, 4) is 11.5 Å². The van der Waals surface area contributed by atoms with Crippen LogP contribution >= 0.6 is 0 Å². The maximum Gasteiger partial charge on any atom is 0.251 e. The van der Waals surface area contributed by atoms with Crippen molar-refractivity contribution in [2.45, 2.75) is 33.3 Å². The third-order valence-corrected chi connectivity index (χ3v) is 3.74. The van der Waals surface area contributed by atoms with E-state index in [1.165, 1.54) is 0 Å². The first-order valence-corrected chi connectivity index (χ1v) is 8.28. The molecule has 0 aromatic heterocycles. The van der Waals surface area contributed by atoms with Crippen molar-refractivity contribution in [3.05, 3.63) is 59.2 Å². The van der Waals surface area contributed by atoms with Crippen molar-refractivity contribution >= 4 is 5.91 Å². The number of carbonyl (C=O) groups is 1. The quantitative estimate of drug-likeness (QED) is 0.742. The summed E-state index contributed by atoms with van der Waals surface area (Å²) in [6, 6.07) is 13.3. The maximum absolute atomic E-state index is 12.2. The molecule has 4 nitrogen and oxygen atoms in total. The molecule has 0 saturated carbocycles. The number of aryl methyl sites for hydroxylation is 1. The smallest absolute Gasteiger partial charge is 0.251 e. The van der Waals surface area contributed by atoms with Crippen LogP contribution in [0, 0.1) is 6.92 Å². The number of benzene rings is 2. The summed E-state index contributed by atoms with van der Waals surface area (Å²) in [5.41, 5.74) is 2.61. The Hall–Kier alpha value is -2.49. The third-order valence-electron chi connectivity index (χ3n) is 3.74. The fraction of sp³-hybridized carbons (Fsp3) is 0.350. The Bertz CT molecular complexity index is 682. The standard InChI is InChI=1S/C20H25NO3/c1-4-5-11-21-20(22)16-9-10-19(23-3)17(13-16)14-24-18-8-6-7-15(2)12-18/h6-10,12-13H,4-5,11,14H2,1-3H3,(H,21,22). The number of hydrogen-bond donors (Lipinski definition) is 1. The van der Waals surface area contributed by atoms with Crippen LogP contribution in [0.3, 0.4) is 0 Å². The van der Waals surface area contributed by atoms with Gasteiger partial charge >= 0.3 is 0 Å². The average Bonchev–Trinajstić information content (AvgIpc) is 2.60. The molecule has 2 aromatic rings. The molecule has 0 atom stereocenters. The lowest BCUT2D eigenvalue weighted by atomic mass is 10.1. The van der Waals surface area contributed by atoms with Crippen LogP contribution in [0.2, 0.25) is 0 Å². The number of rotatable bonds is 8. The molecular weight excluding hydrogens is 302 g/mol. The number of nitrogens with one attached hydrogen (secondary N) is 1. The highest BCUT2D eigenvalue weighted by atomic mass is 16.5. The van der Waals surface area contributed by atoms with Crippen LogP contribution in [0.25, 0.3) is 0 Å². The molecule has 0 radical (unpaired) electrons. The Morgan fingerprint density at radius 3 is 2.71 bits per heavy atom. The Morgan fingerprint density at radius 2 is 2.00 bits per heavy atom. The lowest BCUT2D eigenvalue weighted by molar-refractivity contribution is 0.0953. The van der Waals surface area contributed by atoms with E-state index in [-0.39, 0.29) is 5.91 Å². The second-order valence-corrected chi connectivity index (χ2v) is 5.74. The Kier molecular flexibility index (Phi) is 6.67. The van der Waals surface area contributed by atoms with E-state index >= 15 is 0 Å². The fourth-order valence-electron chi connectivity index (χ4n) is 2.38. The number of amides is 1. The molecule has 0 saturated heterocycles. The molecule has 0 unspecified atom stereocenters. The minimum Gasteiger partial charge on any atom is -0.496 e. The molecule has 0 aliphatic carbocycles. The van der Waals surface area contributed by atoms with Crippen LogP contribution < -0.4 is 14.8 Å². The minimum absolute atomic E-state index is 0.0668. The first-order chi connectivity index (χ1) is 11.6. The first kappa shape index (κ1) is 17.9. The molecule has 1 N–H and O–H groups in total. The molecule has 0 aliphatic rings. The number of carbonyl (C=O) groups excluding carboxylic acids is 1. The van der Waals surface area contributed by atoms with Crippen molar-refractivity contribution in [2.24, 2.45) is 0 Å². The van der Waals surface area contributed by atoms with E-state index in [0.717, 1.165) is 29.7 Å². The van der Waals surface area contributed by atoms with Gasteiger partial charge in [0.1, 0.15) is 18.1 Å². The molecule has 0 aliphatic heterocycles. The summed E-state index contributed by atoms with van der Waals surface area (Å²) in [4.78, 5) is 12.2. The predicted molar refractivity (Wildman–Crippen MR) is 95.7 cm³/mol. The lowest BCUT2D eigenvalue weighted by Gasteiger charge is -2.12. The van der Waals surface area contributed by atoms with Gasteiger partial charge in [-0.15, -0.1) is 0 Å². The maximum atomic E-state index is 12.2. The van der Waals surface area contributed by atoms with E-state index < -0.39 is 0 Å². The summed E-state index contributed by atoms with van der Waals surface area (Å²) in [6.07, 6.45) is 2.03. The van der Waals surface area contributed by atoms with Gasteiger partial charge in [-0.05, 0) is 49.2 Å². The minimum atomic E-state index is -0.0668. The Labute approximate surface area is 143 Å². The van der Waals surface area contributed by atoms with Crippen LogP contribution in [-0.4, -0.2) is 19.6 Å². The largest absolute Gasteiger partial charge is 0.496 e. The number of hydrogen-bond acceptors (Lipinski definition) is 3. The van der Waals surface area contributed by atoms with E-state index in [1.54, 1.807) is 13.2 Å². The van der Waals surface area contributed by atoms with Gasteiger partial charge in [0, 0.05) is 17.7 Å². The van der Waals surface area contributed by atoms with Gasteiger partial charge in [0.15, 0.2) is 0 Å². The summed E-state index contributed by atoms with van der Waals surface area (Å²) in [6.45, 7) is 5.16. The molecule has 4 heteroatoms. The van der Waals surface area contributed by atoms with Gasteiger partial charge < -0.3 is 14.8 Å². The molecular formula is C20H25NO3. The van der Waals surface area contributed by atoms with Gasteiger partial charge in [-0.2, -0.15) is 0 Å². The van der Waals surface area contributed by atoms with Crippen molar-refractivity contribution in [2.75, 3.05) is 13.7 Å². The number of methoxy groups -OCH3 is 1. The van der Waals surface area contributed by atoms with Gasteiger partial charge in [-0.3, -0.25) is 4.79 Å².